The molecule has 1 aliphatic heterocycles. The molecule has 1 N–H and O–H groups in total. The van der Waals surface area contributed by atoms with E-state index in [1.165, 1.54) is 11.3 Å². The topological polar surface area (TPSA) is 88.3 Å². The summed E-state index contributed by atoms with van der Waals surface area (Å²) in [5.74, 6) is 0.0452. The number of piperazine rings is 1. The number of rotatable bonds is 2. The largest absolute Gasteiger partial charge is 0.343 e. The molecule has 0 aromatic carbocycles. The normalized spacial score (nSPS) is 19.8. The fourth-order valence-electron chi connectivity index (χ4n) is 1.64. The van der Waals surface area contributed by atoms with E-state index >= 15 is 0 Å². The van der Waals surface area contributed by atoms with Crippen molar-refractivity contribution in [1.29, 1.82) is 0 Å². The first-order valence-corrected chi connectivity index (χ1v) is 4.85. The molecule has 0 spiro atoms. The molecule has 1 aromatic rings. The van der Waals surface area contributed by atoms with Crippen molar-refractivity contribution in [2.45, 2.75) is 25.9 Å². The Balaban J connectivity index is 2.14. The molecule has 16 heavy (non-hydrogen) atoms. The standard InChI is InChI=1S/C9H12N4O3/c1-9(2)8(15)13(4-7(14)11-9)3-6-10-5-16-12-6/h5H,3-4H2,1-2H3,(H,11,14). The predicted octanol–water partition coefficient (Wildman–Crippen LogP) is -0.693. The second-order valence-electron chi connectivity index (χ2n) is 4.18. The maximum absolute atomic E-state index is 11.9. The first-order chi connectivity index (χ1) is 7.49. The Kier molecular flexibility index (Phi) is 2.37. The summed E-state index contributed by atoms with van der Waals surface area (Å²) in [5.41, 5.74) is -0.876. The van der Waals surface area contributed by atoms with E-state index in [0.717, 1.165) is 0 Å². The lowest BCUT2D eigenvalue weighted by Gasteiger charge is -2.36. The summed E-state index contributed by atoms with van der Waals surface area (Å²) in [4.78, 5) is 28.6. The first kappa shape index (κ1) is 10.6. The average Bonchev–Trinajstić information content (AvgIpc) is 2.65. The van der Waals surface area contributed by atoms with Crippen LogP contribution in [0.1, 0.15) is 19.7 Å². The molecule has 7 nitrogen and oxygen atoms in total. The van der Waals surface area contributed by atoms with Crippen molar-refractivity contribution in [2.75, 3.05) is 6.54 Å². The van der Waals surface area contributed by atoms with Crippen LogP contribution in [0.4, 0.5) is 0 Å². The highest BCUT2D eigenvalue weighted by molar-refractivity contribution is 5.97. The van der Waals surface area contributed by atoms with Crippen LogP contribution in [0.3, 0.4) is 0 Å². The molecule has 1 fully saturated rings. The minimum absolute atomic E-state index is 0.0246. The maximum Gasteiger partial charge on any atom is 0.248 e. The molecule has 0 bridgehead atoms. The molecule has 1 aliphatic rings. The summed E-state index contributed by atoms with van der Waals surface area (Å²) in [5, 5.41) is 6.23. The lowest BCUT2D eigenvalue weighted by molar-refractivity contribution is -0.149. The van der Waals surface area contributed by atoms with E-state index in [4.69, 9.17) is 0 Å². The van der Waals surface area contributed by atoms with Crippen molar-refractivity contribution >= 4 is 11.8 Å². The monoisotopic (exact) mass is 224 g/mol. The van der Waals surface area contributed by atoms with Crippen LogP contribution in [-0.4, -0.2) is 38.9 Å². The summed E-state index contributed by atoms with van der Waals surface area (Å²) in [6, 6.07) is 0. The average molecular weight is 224 g/mol. The van der Waals surface area contributed by atoms with Crippen LogP contribution in [0, 0.1) is 0 Å². The third-order valence-corrected chi connectivity index (χ3v) is 2.35. The zero-order valence-corrected chi connectivity index (χ0v) is 9.06. The van der Waals surface area contributed by atoms with E-state index in [1.807, 2.05) is 0 Å². The smallest absolute Gasteiger partial charge is 0.248 e. The molecule has 2 heterocycles. The number of carbonyl (C=O) groups is 2. The minimum atomic E-state index is -0.876. The number of nitrogens with zero attached hydrogens (tertiary/aromatic N) is 3. The minimum Gasteiger partial charge on any atom is -0.343 e. The number of nitrogens with one attached hydrogen (secondary N) is 1. The highest BCUT2D eigenvalue weighted by atomic mass is 16.5. The SMILES string of the molecule is CC1(C)NC(=O)CN(Cc2ncon2)C1=O. The van der Waals surface area contributed by atoms with E-state index in [1.54, 1.807) is 13.8 Å². The molecule has 1 aromatic heterocycles. The van der Waals surface area contributed by atoms with E-state index < -0.39 is 5.54 Å². The van der Waals surface area contributed by atoms with Gasteiger partial charge in [-0.2, -0.15) is 4.98 Å². The van der Waals surface area contributed by atoms with Crippen LogP contribution in [0.5, 0.6) is 0 Å². The van der Waals surface area contributed by atoms with Gasteiger partial charge < -0.3 is 14.7 Å². The molecule has 7 heteroatoms. The molecular weight excluding hydrogens is 212 g/mol. The van der Waals surface area contributed by atoms with Gasteiger partial charge in [0.15, 0.2) is 5.82 Å². The predicted molar refractivity (Wildman–Crippen MR) is 51.9 cm³/mol. The van der Waals surface area contributed by atoms with Crippen LogP contribution in [0.15, 0.2) is 10.9 Å². The molecule has 0 unspecified atom stereocenters. The summed E-state index contributed by atoms with van der Waals surface area (Å²) < 4.78 is 4.57. The molecule has 0 radical (unpaired) electrons. The Morgan fingerprint density at radius 1 is 1.56 bits per heavy atom. The Hall–Kier alpha value is -1.92. The van der Waals surface area contributed by atoms with Gasteiger partial charge in [0.1, 0.15) is 12.1 Å². The van der Waals surface area contributed by atoms with Crippen molar-refractivity contribution in [3.63, 3.8) is 0 Å². The molecule has 2 rings (SSSR count). The van der Waals surface area contributed by atoms with Crippen LogP contribution >= 0.6 is 0 Å². The zero-order chi connectivity index (χ0) is 11.8. The van der Waals surface area contributed by atoms with Crippen molar-refractivity contribution in [3.05, 3.63) is 12.2 Å². The van der Waals surface area contributed by atoms with Crippen molar-refractivity contribution in [1.82, 2.24) is 20.4 Å². The third kappa shape index (κ3) is 1.88. The van der Waals surface area contributed by atoms with Crippen LogP contribution in [0.2, 0.25) is 0 Å². The second kappa shape index (κ2) is 3.58. The van der Waals surface area contributed by atoms with Crippen molar-refractivity contribution < 1.29 is 14.1 Å². The van der Waals surface area contributed by atoms with E-state index in [-0.39, 0.29) is 24.9 Å². The van der Waals surface area contributed by atoms with Crippen LogP contribution in [-0.2, 0) is 16.1 Å². The molecular formula is C9H12N4O3. The second-order valence-corrected chi connectivity index (χ2v) is 4.18. The van der Waals surface area contributed by atoms with Crippen molar-refractivity contribution in [3.8, 4) is 0 Å². The van der Waals surface area contributed by atoms with Gasteiger partial charge in [-0.25, -0.2) is 0 Å². The zero-order valence-electron chi connectivity index (χ0n) is 9.06. The molecule has 0 aliphatic carbocycles. The van der Waals surface area contributed by atoms with E-state index in [2.05, 4.69) is 20.0 Å². The Bertz CT molecular complexity index is 412. The Morgan fingerprint density at radius 2 is 2.31 bits per heavy atom. The van der Waals surface area contributed by atoms with Crippen LogP contribution in [0.25, 0.3) is 0 Å². The highest BCUT2D eigenvalue weighted by Gasteiger charge is 2.39. The molecule has 0 saturated carbocycles. The van der Waals surface area contributed by atoms with Gasteiger partial charge in [0, 0.05) is 0 Å². The van der Waals surface area contributed by atoms with Gasteiger partial charge in [-0.15, -0.1) is 0 Å². The summed E-state index contributed by atoms with van der Waals surface area (Å²) in [6.45, 7) is 3.54. The Morgan fingerprint density at radius 3 is 2.94 bits per heavy atom. The number of amides is 2. The number of hydrogen-bond acceptors (Lipinski definition) is 5. The summed E-state index contributed by atoms with van der Waals surface area (Å²) in [7, 11) is 0. The third-order valence-electron chi connectivity index (χ3n) is 2.35. The quantitative estimate of drug-likeness (QED) is 0.718. The lowest BCUT2D eigenvalue weighted by Crippen LogP contribution is -2.63. The van der Waals surface area contributed by atoms with Crippen molar-refractivity contribution in [2.24, 2.45) is 0 Å². The van der Waals surface area contributed by atoms with Crippen LogP contribution < -0.4 is 5.32 Å². The van der Waals surface area contributed by atoms with Gasteiger partial charge in [-0.3, -0.25) is 9.59 Å². The number of hydrogen-bond donors (Lipinski definition) is 1. The van der Waals surface area contributed by atoms with E-state index in [9.17, 15) is 9.59 Å². The maximum atomic E-state index is 11.9. The fourth-order valence-corrected chi connectivity index (χ4v) is 1.64. The number of carbonyl (C=O) groups excluding carboxylic acids is 2. The molecule has 2 amide bonds. The van der Waals surface area contributed by atoms with Gasteiger partial charge in [0.2, 0.25) is 18.2 Å². The molecule has 86 valence electrons. The van der Waals surface area contributed by atoms with Gasteiger partial charge in [-0.05, 0) is 13.8 Å². The Labute approximate surface area is 91.8 Å². The van der Waals surface area contributed by atoms with Gasteiger partial charge in [0.05, 0.1) is 6.54 Å². The van der Waals surface area contributed by atoms with Gasteiger partial charge >= 0.3 is 0 Å². The molecule has 1 saturated heterocycles. The molecule has 0 atom stereocenters. The van der Waals surface area contributed by atoms with E-state index in [0.29, 0.717) is 5.82 Å². The van der Waals surface area contributed by atoms with Gasteiger partial charge in [0.25, 0.3) is 0 Å². The fraction of sp³-hybridized carbons (Fsp3) is 0.556. The summed E-state index contributed by atoms with van der Waals surface area (Å²) in [6.07, 6.45) is 1.19. The summed E-state index contributed by atoms with van der Waals surface area (Å²) >= 11 is 0. The number of aromatic nitrogens is 2. The highest BCUT2D eigenvalue weighted by Crippen LogP contribution is 2.14. The van der Waals surface area contributed by atoms with Gasteiger partial charge in [-0.1, -0.05) is 5.16 Å². The first-order valence-electron chi connectivity index (χ1n) is 4.85. The lowest BCUT2D eigenvalue weighted by atomic mass is 10.0.